The second kappa shape index (κ2) is 9.36. The first kappa shape index (κ1) is 19.9. The first-order valence-corrected chi connectivity index (χ1v) is 9.36. The molecule has 2 N–H and O–H groups in total. The average Bonchev–Trinajstić information content (AvgIpc) is 3.37. The number of carboxylic acids is 1. The Morgan fingerprint density at radius 2 is 2.14 bits per heavy atom. The van der Waals surface area contributed by atoms with E-state index >= 15 is 0 Å². The molecule has 3 rings (SSSR count). The molecule has 150 valence electrons. The van der Waals surface area contributed by atoms with Gasteiger partial charge in [0.1, 0.15) is 11.9 Å². The van der Waals surface area contributed by atoms with Crippen molar-refractivity contribution in [3.63, 3.8) is 0 Å². The van der Waals surface area contributed by atoms with Crippen LogP contribution in [0.4, 0.5) is 0 Å². The van der Waals surface area contributed by atoms with E-state index in [1.807, 2.05) is 19.1 Å². The van der Waals surface area contributed by atoms with Gasteiger partial charge in [0, 0.05) is 13.2 Å². The summed E-state index contributed by atoms with van der Waals surface area (Å²) in [6.45, 7) is 3.07. The summed E-state index contributed by atoms with van der Waals surface area (Å²) in [5.41, 5.74) is 1.00. The minimum absolute atomic E-state index is 0.0147. The van der Waals surface area contributed by atoms with Gasteiger partial charge in [-0.3, -0.25) is 9.59 Å². The Balaban J connectivity index is 1.60. The van der Waals surface area contributed by atoms with Crippen molar-refractivity contribution in [1.82, 2.24) is 10.3 Å². The van der Waals surface area contributed by atoms with Crippen LogP contribution in [0.2, 0.25) is 0 Å². The summed E-state index contributed by atoms with van der Waals surface area (Å²) in [7, 11) is 0. The Bertz CT molecular complexity index is 795. The Morgan fingerprint density at radius 3 is 2.79 bits per heavy atom. The van der Waals surface area contributed by atoms with Crippen molar-refractivity contribution in [3.8, 4) is 5.75 Å². The van der Waals surface area contributed by atoms with Crippen LogP contribution in [0.5, 0.6) is 5.75 Å². The third-order valence-corrected chi connectivity index (χ3v) is 4.61. The molecule has 1 fully saturated rings. The SMILES string of the molecule is CCOc1ccc(C[C@H](CNC(=O)c2ncoc2[C@@H]2CCCO2)C(=O)O)cc1. The van der Waals surface area contributed by atoms with Crippen LogP contribution in [0.1, 0.15) is 47.7 Å². The lowest BCUT2D eigenvalue weighted by molar-refractivity contribution is -0.141. The Kier molecular flexibility index (Phi) is 6.65. The van der Waals surface area contributed by atoms with Crippen molar-refractivity contribution in [2.24, 2.45) is 5.92 Å². The summed E-state index contributed by atoms with van der Waals surface area (Å²) in [4.78, 5) is 28.1. The predicted molar refractivity (Wildman–Crippen MR) is 99.2 cm³/mol. The number of oxazole rings is 1. The highest BCUT2D eigenvalue weighted by atomic mass is 16.5. The first-order valence-electron chi connectivity index (χ1n) is 9.36. The van der Waals surface area contributed by atoms with E-state index in [0.29, 0.717) is 25.4 Å². The number of aliphatic carboxylic acids is 1. The summed E-state index contributed by atoms with van der Waals surface area (Å²) >= 11 is 0. The molecular formula is C20H24N2O6. The summed E-state index contributed by atoms with van der Waals surface area (Å²) in [5.74, 6) is -1.07. The number of carbonyl (C=O) groups excluding carboxylic acids is 1. The lowest BCUT2D eigenvalue weighted by Crippen LogP contribution is -2.34. The van der Waals surface area contributed by atoms with Crippen molar-refractivity contribution in [2.45, 2.75) is 32.3 Å². The molecule has 2 atom stereocenters. The average molecular weight is 388 g/mol. The Morgan fingerprint density at radius 1 is 1.36 bits per heavy atom. The van der Waals surface area contributed by atoms with Crippen LogP contribution in [0.15, 0.2) is 35.1 Å². The van der Waals surface area contributed by atoms with Gasteiger partial charge in [-0.1, -0.05) is 12.1 Å². The monoisotopic (exact) mass is 388 g/mol. The molecular weight excluding hydrogens is 364 g/mol. The fourth-order valence-electron chi connectivity index (χ4n) is 3.16. The number of amides is 1. The van der Waals surface area contributed by atoms with Crippen LogP contribution in [0, 0.1) is 5.92 Å². The van der Waals surface area contributed by atoms with Gasteiger partial charge < -0.3 is 24.3 Å². The topological polar surface area (TPSA) is 111 Å². The van der Waals surface area contributed by atoms with Gasteiger partial charge >= 0.3 is 5.97 Å². The minimum Gasteiger partial charge on any atom is -0.494 e. The first-order chi connectivity index (χ1) is 13.6. The molecule has 1 aromatic carbocycles. The molecule has 2 heterocycles. The normalized spacial score (nSPS) is 17.2. The third-order valence-electron chi connectivity index (χ3n) is 4.61. The van der Waals surface area contributed by atoms with Crippen molar-refractivity contribution in [2.75, 3.05) is 19.8 Å². The summed E-state index contributed by atoms with van der Waals surface area (Å²) in [6, 6.07) is 7.27. The van der Waals surface area contributed by atoms with Crippen molar-refractivity contribution in [1.29, 1.82) is 0 Å². The van der Waals surface area contributed by atoms with Gasteiger partial charge in [0.25, 0.3) is 5.91 Å². The molecule has 8 nitrogen and oxygen atoms in total. The molecule has 0 unspecified atom stereocenters. The van der Waals surface area contributed by atoms with Gasteiger partial charge in [-0.05, 0) is 43.9 Å². The van der Waals surface area contributed by atoms with Gasteiger partial charge in [0.15, 0.2) is 17.8 Å². The number of nitrogens with zero attached hydrogens (tertiary/aromatic N) is 1. The van der Waals surface area contributed by atoms with Gasteiger partial charge in [0.2, 0.25) is 0 Å². The summed E-state index contributed by atoms with van der Waals surface area (Å²) in [5, 5.41) is 12.2. The molecule has 28 heavy (non-hydrogen) atoms. The number of hydrogen-bond acceptors (Lipinski definition) is 6. The number of aromatic nitrogens is 1. The lowest BCUT2D eigenvalue weighted by Gasteiger charge is -2.14. The van der Waals surface area contributed by atoms with E-state index in [1.54, 1.807) is 12.1 Å². The fraction of sp³-hybridized carbons (Fsp3) is 0.450. The zero-order valence-electron chi connectivity index (χ0n) is 15.7. The van der Waals surface area contributed by atoms with E-state index in [-0.39, 0.29) is 18.3 Å². The molecule has 0 saturated carbocycles. The van der Waals surface area contributed by atoms with Crippen LogP contribution in [0.3, 0.4) is 0 Å². The number of carboxylic acid groups (broad SMARTS) is 1. The van der Waals surface area contributed by atoms with E-state index in [1.165, 1.54) is 6.39 Å². The highest BCUT2D eigenvalue weighted by Gasteiger charge is 2.28. The van der Waals surface area contributed by atoms with E-state index in [4.69, 9.17) is 13.9 Å². The zero-order chi connectivity index (χ0) is 19.9. The summed E-state index contributed by atoms with van der Waals surface area (Å²) < 4.78 is 16.3. The number of benzene rings is 1. The molecule has 1 aliphatic heterocycles. The smallest absolute Gasteiger partial charge is 0.308 e. The van der Waals surface area contributed by atoms with Crippen LogP contribution < -0.4 is 10.1 Å². The number of hydrogen-bond donors (Lipinski definition) is 2. The maximum absolute atomic E-state index is 12.5. The second-order valence-electron chi connectivity index (χ2n) is 6.59. The Labute approximate surface area is 162 Å². The molecule has 1 aromatic heterocycles. The minimum atomic E-state index is -0.978. The van der Waals surface area contributed by atoms with Crippen molar-refractivity contribution < 1.29 is 28.6 Å². The second-order valence-corrected chi connectivity index (χ2v) is 6.59. The van der Waals surface area contributed by atoms with E-state index in [2.05, 4.69) is 10.3 Å². The molecule has 0 spiro atoms. The van der Waals surface area contributed by atoms with Crippen LogP contribution in [0.25, 0.3) is 0 Å². The zero-order valence-corrected chi connectivity index (χ0v) is 15.7. The number of nitrogens with one attached hydrogen (secondary N) is 1. The van der Waals surface area contributed by atoms with E-state index in [9.17, 15) is 14.7 Å². The van der Waals surface area contributed by atoms with Gasteiger partial charge in [-0.25, -0.2) is 4.98 Å². The summed E-state index contributed by atoms with van der Waals surface area (Å²) in [6.07, 6.45) is 2.89. The highest BCUT2D eigenvalue weighted by molar-refractivity contribution is 5.93. The predicted octanol–water partition coefficient (Wildman–Crippen LogP) is 2.60. The molecule has 1 saturated heterocycles. The van der Waals surface area contributed by atoms with E-state index < -0.39 is 17.8 Å². The van der Waals surface area contributed by atoms with Crippen LogP contribution in [-0.2, 0) is 16.0 Å². The quantitative estimate of drug-likeness (QED) is 0.679. The van der Waals surface area contributed by atoms with Gasteiger partial charge in [-0.2, -0.15) is 0 Å². The molecule has 2 aromatic rings. The van der Waals surface area contributed by atoms with Crippen molar-refractivity contribution in [3.05, 3.63) is 47.7 Å². The fourth-order valence-corrected chi connectivity index (χ4v) is 3.16. The molecule has 1 amide bonds. The number of ether oxygens (including phenoxy) is 2. The van der Waals surface area contributed by atoms with Crippen LogP contribution in [-0.4, -0.2) is 41.7 Å². The maximum Gasteiger partial charge on any atom is 0.308 e. The molecule has 8 heteroatoms. The number of rotatable bonds is 9. The highest BCUT2D eigenvalue weighted by Crippen LogP contribution is 2.30. The largest absolute Gasteiger partial charge is 0.494 e. The molecule has 0 radical (unpaired) electrons. The lowest BCUT2D eigenvalue weighted by atomic mass is 9.99. The van der Waals surface area contributed by atoms with E-state index in [0.717, 1.165) is 24.2 Å². The molecule has 1 aliphatic rings. The maximum atomic E-state index is 12.5. The van der Waals surface area contributed by atoms with Gasteiger partial charge in [-0.15, -0.1) is 0 Å². The molecule has 0 aliphatic carbocycles. The van der Waals surface area contributed by atoms with Crippen LogP contribution >= 0.6 is 0 Å². The molecule has 0 bridgehead atoms. The van der Waals surface area contributed by atoms with Gasteiger partial charge in [0.05, 0.1) is 12.5 Å². The number of carbonyl (C=O) groups is 2. The van der Waals surface area contributed by atoms with Crippen molar-refractivity contribution >= 4 is 11.9 Å². The Hall–Kier alpha value is -2.87. The third kappa shape index (κ3) is 4.89. The standard InChI is InChI=1S/C20H24N2O6/c1-2-26-15-7-5-13(6-8-15)10-14(20(24)25)11-21-19(23)17-18(28-12-22-17)16-4-3-9-27-16/h5-8,12,14,16H,2-4,9-11H2,1H3,(H,21,23)(H,24,25)/t14-,16+/m1/s1.